The lowest BCUT2D eigenvalue weighted by Crippen LogP contribution is -2.11. The molecule has 0 aliphatic rings. The van der Waals surface area contributed by atoms with Gasteiger partial charge in [0, 0.05) is 12.1 Å². The van der Waals surface area contributed by atoms with Crippen molar-refractivity contribution in [1.82, 2.24) is 9.78 Å². The summed E-state index contributed by atoms with van der Waals surface area (Å²) in [7, 11) is 0. The highest BCUT2D eigenvalue weighted by Crippen LogP contribution is 2.33. The van der Waals surface area contributed by atoms with Gasteiger partial charge in [0.25, 0.3) is 24.4 Å². The van der Waals surface area contributed by atoms with Crippen LogP contribution in [0, 0.1) is 30.9 Å². The van der Waals surface area contributed by atoms with Crippen molar-refractivity contribution >= 4 is 17.3 Å². The van der Waals surface area contributed by atoms with Crippen LogP contribution in [0.3, 0.4) is 0 Å². The maximum Gasteiger partial charge on any atom is 0.291 e. The van der Waals surface area contributed by atoms with E-state index in [0.717, 1.165) is 22.8 Å². The van der Waals surface area contributed by atoms with Crippen molar-refractivity contribution in [3.05, 3.63) is 98.2 Å². The van der Waals surface area contributed by atoms with Gasteiger partial charge in [0.1, 0.15) is 28.6 Å². The molecule has 9 nitrogen and oxygen atoms in total. The van der Waals surface area contributed by atoms with Gasteiger partial charge in [0.2, 0.25) is 0 Å². The van der Waals surface area contributed by atoms with Crippen LogP contribution in [-0.2, 0) is 6.54 Å². The first-order valence-corrected chi connectivity index (χ1v) is 11.5. The number of amides is 1. The molecule has 1 amide bonds. The van der Waals surface area contributed by atoms with Gasteiger partial charge in [-0.25, -0.2) is 17.6 Å². The Hall–Kier alpha value is -4.68. The first kappa shape index (κ1) is 27.4. The summed E-state index contributed by atoms with van der Waals surface area (Å²) in [6.45, 7) is 5.21. The Morgan fingerprint density at radius 3 is 2.49 bits per heavy atom. The number of anilines is 1. The van der Waals surface area contributed by atoms with Crippen molar-refractivity contribution in [2.75, 3.05) is 5.32 Å². The number of alkyl halides is 4. The monoisotopic (exact) mass is 546 g/mol. The molecular weight excluding hydrogens is 524 g/mol. The number of nitro groups is 1. The second-order valence-electron chi connectivity index (χ2n) is 8.75. The lowest BCUT2D eigenvalue weighted by atomic mass is 10.1. The average Bonchev–Trinajstić information content (AvgIpc) is 3.50. The van der Waals surface area contributed by atoms with E-state index in [1.54, 1.807) is 6.07 Å². The summed E-state index contributed by atoms with van der Waals surface area (Å²) < 4.78 is 64.3. The van der Waals surface area contributed by atoms with Crippen LogP contribution in [0.1, 0.15) is 57.2 Å². The molecule has 0 saturated heterocycles. The van der Waals surface area contributed by atoms with E-state index in [-0.39, 0.29) is 28.6 Å². The highest BCUT2D eigenvalue weighted by Gasteiger charge is 2.23. The summed E-state index contributed by atoms with van der Waals surface area (Å²) >= 11 is 0. The third kappa shape index (κ3) is 6.25. The van der Waals surface area contributed by atoms with Gasteiger partial charge in [-0.05, 0) is 61.7 Å². The number of nitrogens with zero attached hydrogens (tertiary/aromatic N) is 3. The summed E-state index contributed by atoms with van der Waals surface area (Å²) in [6, 6.07) is 10.7. The highest BCUT2D eigenvalue weighted by molar-refractivity contribution is 6.02. The van der Waals surface area contributed by atoms with Gasteiger partial charge in [-0.15, -0.1) is 0 Å². The minimum Gasteiger partial charge on any atom is -0.457 e. The van der Waals surface area contributed by atoms with E-state index in [1.807, 2.05) is 26.8 Å². The van der Waals surface area contributed by atoms with Crippen LogP contribution in [-0.4, -0.2) is 20.6 Å². The third-order valence-corrected chi connectivity index (χ3v) is 5.82. The van der Waals surface area contributed by atoms with Crippen molar-refractivity contribution in [2.24, 2.45) is 0 Å². The fourth-order valence-corrected chi connectivity index (χ4v) is 3.84. The Labute approximate surface area is 219 Å². The molecule has 39 heavy (non-hydrogen) atoms. The van der Waals surface area contributed by atoms with Gasteiger partial charge in [-0.2, -0.15) is 5.10 Å². The maximum atomic E-state index is 13.2. The molecule has 4 aromatic rings. The van der Waals surface area contributed by atoms with Gasteiger partial charge in [-0.1, -0.05) is 6.07 Å². The summed E-state index contributed by atoms with van der Waals surface area (Å²) in [5.41, 5.74) is 0.913. The van der Waals surface area contributed by atoms with Crippen LogP contribution in [0.2, 0.25) is 0 Å². The first-order chi connectivity index (χ1) is 18.4. The third-order valence-electron chi connectivity index (χ3n) is 5.82. The zero-order chi connectivity index (χ0) is 28.4. The average molecular weight is 546 g/mol. The largest absolute Gasteiger partial charge is 0.457 e. The van der Waals surface area contributed by atoms with Gasteiger partial charge < -0.3 is 14.5 Å². The number of nitro benzene ring substituents is 1. The SMILES string of the molecule is Cc1cc(C)c(C)c(Oc2cc(NC(=O)c3ccc(Cn4nc(C(F)F)cc4C(F)F)o3)cc([N+](=O)[O-])c2)c1. The molecule has 0 unspecified atom stereocenters. The number of non-ortho nitro benzene ring substituents is 1. The molecule has 0 saturated carbocycles. The molecule has 2 heterocycles. The molecule has 0 radical (unpaired) electrons. The molecule has 1 N–H and O–H groups in total. The number of furan rings is 1. The molecular formula is C26H22F4N4O5. The Morgan fingerprint density at radius 1 is 1.08 bits per heavy atom. The summed E-state index contributed by atoms with van der Waals surface area (Å²) in [4.78, 5) is 23.6. The maximum absolute atomic E-state index is 13.2. The van der Waals surface area contributed by atoms with Crippen molar-refractivity contribution in [1.29, 1.82) is 0 Å². The van der Waals surface area contributed by atoms with E-state index in [0.29, 0.717) is 16.5 Å². The molecule has 0 bridgehead atoms. The second kappa shape index (κ2) is 11.0. The van der Waals surface area contributed by atoms with Crippen LogP contribution in [0.4, 0.5) is 28.9 Å². The van der Waals surface area contributed by atoms with Gasteiger partial charge >= 0.3 is 0 Å². The van der Waals surface area contributed by atoms with E-state index < -0.39 is 41.6 Å². The quantitative estimate of drug-likeness (QED) is 0.134. The Morgan fingerprint density at radius 2 is 1.82 bits per heavy atom. The number of nitrogens with one attached hydrogen (secondary N) is 1. The first-order valence-electron chi connectivity index (χ1n) is 11.5. The number of hydrogen-bond acceptors (Lipinski definition) is 6. The fourth-order valence-electron chi connectivity index (χ4n) is 3.84. The molecule has 13 heteroatoms. The molecule has 0 aliphatic carbocycles. The van der Waals surface area contributed by atoms with E-state index >= 15 is 0 Å². The zero-order valence-electron chi connectivity index (χ0n) is 20.9. The predicted octanol–water partition coefficient (Wildman–Crippen LogP) is 7.28. The number of hydrogen-bond donors (Lipinski definition) is 1. The Balaban J connectivity index is 1.55. The fraction of sp³-hybridized carbons (Fsp3) is 0.231. The van der Waals surface area contributed by atoms with E-state index in [9.17, 15) is 32.5 Å². The number of carbonyl (C=O) groups excluding carboxylic acids is 1. The standard InChI is InChI=1S/C26H22F4N4O5/c1-13-6-14(2)15(3)23(7-13)39-19-9-16(8-17(10-19)34(36)37)31-26(35)22-5-4-18(38-22)12-33-21(25(29)30)11-20(32-33)24(27)28/h4-11,24-25H,12H2,1-3H3,(H,31,35). The predicted molar refractivity (Wildman–Crippen MR) is 132 cm³/mol. The van der Waals surface area contributed by atoms with Crippen LogP contribution >= 0.6 is 0 Å². The molecule has 2 aromatic carbocycles. The summed E-state index contributed by atoms with van der Waals surface area (Å²) in [6.07, 6.45) is -6.09. The van der Waals surface area contributed by atoms with E-state index in [1.165, 1.54) is 24.3 Å². The van der Waals surface area contributed by atoms with Crippen LogP contribution in [0.5, 0.6) is 11.5 Å². The topological polar surface area (TPSA) is 112 Å². The van der Waals surface area contributed by atoms with E-state index in [2.05, 4.69) is 10.4 Å². The zero-order valence-corrected chi connectivity index (χ0v) is 20.9. The van der Waals surface area contributed by atoms with Crippen molar-refractivity contribution in [2.45, 2.75) is 40.2 Å². The lowest BCUT2D eigenvalue weighted by molar-refractivity contribution is -0.384. The molecule has 0 aliphatic heterocycles. The van der Waals surface area contributed by atoms with Gasteiger partial charge in [-0.3, -0.25) is 19.6 Å². The number of halogens is 4. The normalized spacial score (nSPS) is 11.3. The molecule has 204 valence electrons. The molecule has 0 atom stereocenters. The molecule has 0 fully saturated rings. The molecule has 0 spiro atoms. The Kier molecular flexibility index (Phi) is 7.70. The number of ether oxygens (including phenoxy) is 1. The Bertz CT molecular complexity index is 1550. The van der Waals surface area contributed by atoms with Crippen LogP contribution < -0.4 is 10.1 Å². The minimum atomic E-state index is -3.06. The number of rotatable bonds is 9. The van der Waals surface area contributed by atoms with Crippen molar-refractivity contribution in [3.63, 3.8) is 0 Å². The van der Waals surface area contributed by atoms with Crippen LogP contribution in [0.15, 0.2) is 52.9 Å². The second-order valence-corrected chi connectivity index (χ2v) is 8.75. The molecule has 4 rings (SSSR count). The van der Waals surface area contributed by atoms with Gasteiger partial charge in [0.05, 0.1) is 23.2 Å². The van der Waals surface area contributed by atoms with Crippen LogP contribution in [0.25, 0.3) is 0 Å². The highest BCUT2D eigenvalue weighted by atomic mass is 19.3. The van der Waals surface area contributed by atoms with Crippen molar-refractivity contribution < 1.29 is 36.4 Å². The lowest BCUT2D eigenvalue weighted by Gasteiger charge is -2.13. The summed E-state index contributed by atoms with van der Waals surface area (Å²) in [5.74, 6) is -0.431. The molecule has 2 aromatic heterocycles. The van der Waals surface area contributed by atoms with Gasteiger partial charge in [0.15, 0.2) is 5.76 Å². The van der Waals surface area contributed by atoms with E-state index in [4.69, 9.17) is 9.15 Å². The smallest absolute Gasteiger partial charge is 0.291 e. The number of aromatic nitrogens is 2. The van der Waals surface area contributed by atoms with Crippen molar-refractivity contribution in [3.8, 4) is 11.5 Å². The number of aryl methyl sites for hydroxylation is 2. The number of carbonyl (C=O) groups is 1. The minimum absolute atomic E-state index is 0.000627. The number of benzene rings is 2. The summed E-state index contributed by atoms with van der Waals surface area (Å²) in [5, 5.41) is 17.5.